The van der Waals surface area contributed by atoms with Crippen molar-refractivity contribution in [2.24, 2.45) is 11.8 Å². The zero-order valence-corrected chi connectivity index (χ0v) is 12.0. The molecule has 0 saturated carbocycles. The lowest BCUT2D eigenvalue weighted by Gasteiger charge is -2.17. The molecular formula is C14H20N2O5. The van der Waals surface area contributed by atoms with E-state index < -0.39 is 23.3 Å². The van der Waals surface area contributed by atoms with Crippen LogP contribution in [0.1, 0.15) is 37.0 Å². The fraction of sp³-hybridized carbons (Fsp3) is 0.500. The smallest absolute Gasteiger partial charge is 0.303 e. The summed E-state index contributed by atoms with van der Waals surface area (Å²) in [5.74, 6) is -1.69. The molecule has 1 atom stereocenters. The third kappa shape index (κ3) is 6.11. The number of aliphatic carboxylic acids is 1. The van der Waals surface area contributed by atoms with Crippen LogP contribution < -0.4 is 10.9 Å². The van der Waals surface area contributed by atoms with Crippen molar-refractivity contribution in [1.82, 2.24) is 10.3 Å². The van der Waals surface area contributed by atoms with E-state index in [0.29, 0.717) is 12.3 Å². The van der Waals surface area contributed by atoms with E-state index >= 15 is 0 Å². The predicted molar refractivity (Wildman–Crippen MR) is 76.3 cm³/mol. The second-order valence-electron chi connectivity index (χ2n) is 5.42. The summed E-state index contributed by atoms with van der Waals surface area (Å²) in [7, 11) is 0. The minimum Gasteiger partial charge on any atom is -0.494 e. The molecule has 0 bridgehead atoms. The normalized spacial score (nSPS) is 12.1. The van der Waals surface area contributed by atoms with Gasteiger partial charge in [-0.25, -0.2) is 0 Å². The molecule has 4 N–H and O–H groups in total. The number of rotatable bonds is 7. The molecule has 1 aromatic heterocycles. The fourth-order valence-electron chi connectivity index (χ4n) is 2.15. The summed E-state index contributed by atoms with van der Waals surface area (Å²) in [4.78, 5) is 36.0. The van der Waals surface area contributed by atoms with Crippen LogP contribution in [0, 0.1) is 11.8 Å². The van der Waals surface area contributed by atoms with Crippen LogP contribution in [-0.2, 0) is 4.79 Å². The fourth-order valence-corrected chi connectivity index (χ4v) is 2.15. The van der Waals surface area contributed by atoms with Gasteiger partial charge in [0, 0.05) is 25.1 Å². The highest BCUT2D eigenvalue weighted by atomic mass is 16.4. The third-order valence-electron chi connectivity index (χ3n) is 2.91. The van der Waals surface area contributed by atoms with Crippen molar-refractivity contribution < 1.29 is 19.8 Å². The Morgan fingerprint density at radius 2 is 2.00 bits per heavy atom. The van der Waals surface area contributed by atoms with Crippen LogP contribution in [-0.4, -0.2) is 33.6 Å². The number of aromatic hydroxyl groups is 1. The lowest BCUT2D eigenvalue weighted by Crippen LogP contribution is -2.31. The van der Waals surface area contributed by atoms with Crippen molar-refractivity contribution in [2.75, 3.05) is 6.54 Å². The molecule has 1 heterocycles. The number of hydrogen-bond acceptors (Lipinski definition) is 4. The van der Waals surface area contributed by atoms with Crippen molar-refractivity contribution in [1.29, 1.82) is 0 Å². The summed E-state index contributed by atoms with van der Waals surface area (Å²) in [6.45, 7) is 4.16. The topological polar surface area (TPSA) is 119 Å². The van der Waals surface area contributed by atoms with Gasteiger partial charge in [-0.1, -0.05) is 13.8 Å². The van der Waals surface area contributed by atoms with Crippen LogP contribution in [0.15, 0.2) is 16.9 Å². The van der Waals surface area contributed by atoms with Crippen molar-refractivity contribution >= 4 is 11.9 Å². The Balaban J connectivity index is 2.67. The van der Waals surface area contributed by atoms with Gasteiger partial charge in [-0.2, -0.15) is 0 Å². The van der Waals surface area contributed by atoms with E-state index in [1.165, 1.54) is 0 Å². The maximum atomic E-state index is 11.9. The molecule has 0 aliphatic heterocycles. The largest absolute Gasteiger partial charge is 0.494 e. The zero-order valence-electron chi connectivity index (χ0n) is 12.0. The van der Waals surface area contributed by atoms with Crippen LogP contribution >= 0.6 is 0 Å². The molecular weight excluding hydrogens is 276 g/mol. The van der Waals surface area contributed by atoms with Crippen molar-refractivity contribution in [2.45, 2.75) is 26.7 Å². The number of pyridine rings is 1. The lowest BCUT2D eigenvalue weighted by molar-refractivity contribution is -0.138. The number of amides is 1. The van der Waals surface area contributed by atoms with Gasteiger partial charge in [-0.15, -0.1) is 0 Å². The number of nitrogens with one attached hydrogen (secondary N) is 2. The summed E-state index contributed by atoms with van der Waals surface area (Å²) in [5.41, 5.74) is -0.542. The van der Waals surface area contributed by atoms with E-state index in [1.807, 2.05) is 13.8 Å². The van der Waals surface area contributed by atoms with Crippen LogP contribution in [0.4, 0.5) is 0 Å². The second kappa shape index (κ2) is 7.47. The predicted octanol–water partition coefficient (Wildman–Crippen LogP) is 0.947. The average Bonchev–Trinajstić information content (AvgIpc) is 2.32. The summed E-state index contributed by atoms with van der Waals surface area (Å²) in [6.07, 6.45) is 0.645. The molecule has 7 nitrogen and oxygen atoms in total. The van der Waals surface area contributed by atoms with E-state index in [0.717, 1.165) is 12.1 Å². The monoisotopic (exact) mass is 296 g/mol. The van der Waals surface area contributed by atoms with Gasteiger partial charge in [-0.3, -0.25) is 19.4 Å². The Morgan fingerprint density at radius 3 is 2.52 bits per heavy atom. The first kappa shape index (κ1) is 16.7. The molecule has 1 aromatic rings. The van der Waals surface area contributed by atoms with Crippen molar-refractivity contribution in [3.8, 4) is 5.88 Å². The van der Waals surface area contributed by atoms with Crippen LogP contribution in [0.2, 0.25) is 0 Å². The average molecular weight is 296 g/mol. The Morgan fingerprint density at radius 1 is 1.33 bits per heavy atom. The Labute approximate surface area is 122 Å². The Kier molecular flexibility index (Phi) is 5.95. The standard InChI is InChI=1S/C14H20N2O5/c1-8(2)3-9(4-13(19)20)7-15-14(21)10-5-11(17)16-12(18)6-10/h5-6,8-9H,3-4,7H2,1-2H3,(H,15,21)(H,19,20)(H2,16,17,18)/t9-/m0/s1. The van der Waals surface area contributed by atoms with Crippen molar-refractivity contribution in [3.63, 3.8) is 0 Å². The molecule has 0 radical (unpaired) electrons. The Bertz CT molecular complexity index is 565. The van der Waals surface area contributed by atoms with Crippen LogP contribution in [0.3, 0.4) is 0 Å². The SMILES string of the molecule is CC(C)C[C@H](CNC(=O)c1cc(O)[nH]c(=O)c1)CC(=O)O. The maximum Gasteiger partial charge on any atom is 0.303 e. The van der Waals surface area contributed by atoms with Gasteiger partial charge in [0.25, 0.3) is 11.5 Å². The van der Waals surface area contributed by atoms with E-state index in [1.54, 1.807) is 0 Å². The highest BCUT2D eigenvalue weighted by Gasteiger charge is 2.17. The first-order chi connectivity index (χ1) is 9.77. The number of carbonyl (C=O) groups is 2. The van der Waals surface area contributed by atoms with Crippen LogP contribution in [0.5, 0.6) is 5.88 Å². The number of H-pyrrole nitrogens is 1. The molecule has 0 fully saturated rings. The first-order valence-corrected chi connectivity index (χ1v) is 6.71. The number of aromatic nitrogens is 1. The molecule has 7 heteroatoms. The number of carboxylic acid groups (broad SMARTS) is 1. The van der Waals surface area contributed by atoms with E-state index in [2.05, 4.69) is 10.3 Å². The van der Waals surface area contributed by atoms with E-state index in [4.69, 9.17) is 5.11 Å². The van der Waals surface area contributed by atoms with Gasteiger partial charge in [-0.05, 0) is 18.3 Å². The molecule has 0 aliphatic carbocycles. The molecule has 1 rings (SSSR count). The Hall–Kier alpha value is -2.31. The molecule has 0 aliphatic rings. The van der Waals surface area contributed by atoms with Crippen molar-refractivity contribution in [3.05, 3.63) is 28.0 Å². The summed E-state index contributed by atoms with van der Waals surface area (Å²) < 4.78 is 0. The number of hydrogen-bond donors (Lipinski definition) is 4. The highest BCUT2D eigenvalue weighted by Crippen LogP contribution is 2.15. The van der Waals surface area contributed by atoms with Gasteiger partial charge >= 0.3 is 5.97 Å². The van der Waals surface area contributed by atoms with Gasteiger partial charge < -0.3 is 15.5 Å². The first-order valence-electron chi connectivity index (χ1n) is 6.71. The molecule has 0 aromatic carbocycles. The molecule has 0 saturated heterocycles. The summed E-state index contributed by atoms with van der Waals surface area (Å²) in [5, 5.41) is 20.7. The van der Waals surface area contributed by atoms with Crippen LogP contribution in [0.25, 0.3) is 0 Å². The highest BCUT2D eigenvalue weighted by molar-refractivity contribution is 5.94. The quantitative estimate of drug-likeness (QED) is 0.597. The third-order valence-corrected chi connectivity index (χ3v) is 2.91. The molecule has 0 spiro atoms. The lowest BCUT2D eigenvalue weighted by atomic mass is 9.94. The summed E-state index contributed by atoms with van der Waals surface area (Å²) >= 11 is 0. The number of aromatic amines is 1. The van der Waals surface area contributed by atoms with Gasteiger partial charge in [0.05, 0.1) is 5.56 Å². The van der Waals surface area contributed by atoms with Gasteiger partial charge in [0.1, 0.15) is 0 Å². The molecule has 116 valence electrons. The van der Waals surface area contributed by atoms with E-state index in [9.17, 15) is 19.5 Å². The number of carboxylic acids is 1. The van der Waals surface area contributed by atoms with Gasteiger partial charge in [0.2, 0.25) is 0 Å². The second-order valence-corrected chi connectivity index (χ2v) is 5.42. The minimum absolute atomic E-state index is 0.0287. The van der Waals surface area contributed by atoms with Gasteiger partial charge in [0.15, 0.2) is 5.88 Å². The number of carbonyl (C=O) groups excluding carboxylic acids is 1. The molecule has 21 heavy (non-hydrogen) atoms. The summed E-state index contributed by atoms with van der Waals surface area (Å²) in [6, 6.07) is 2.22. The molecule has 0 unspecified atom stereocenters. The maximum absolute atomic E-state index is 11.9. The molecule has 1 amide bonds. The minimum atomic E-state index is -0.913. The van der Waals surface area contributed by atoms with E-state index in [-0.39, 0.29) is 24.4 Å². The zero-order chi connectivity index (χ0) is 16.0.